The van der Waals surface area contributed by atoms with Crippen molar-refractivity contribution < 1.29 is 0 Å². The van der Waals surface area contributed by atoms with Gasteiger partial charge >= 0.3 is 0 Å². The van der Waals surface area contributed by atoms with Crippen LogP contribution in [0.2, 0.25) is 0 Å². The van der Waals surface area contributed by atoms with Crippen LogP contribution in [0.5, 0.6) is 0 Å². The minimum absolute atomic E-state index is 0.463. The normalized spacial score (nSPS) is 11.4. The molecule has 0 aliphatic rings. The molecule has 18 heavy (non-hydrogen) atoms. The van der Waals surface area contributed by atoms with Crippen molar-refractivity contribution in [3.8, 4) is 0 Å². The van der Waals surface area contributed by atoms with Crippen LogP contribution < -0.4 is 5.32 Å². The predicted molar refractivity (Wildman–Crippen MR) is 78.1 cm³/mol. The van der Waals surface area contributed by atoms with Crippen molar-refractivity contribution in [1.29, 1.82) is 0 Å². The van der Waals surface area contributed by atoms with Gasteiger partial charge in [-0.25, -0.2) is 0 Å². The summed E-state index contributed by atoms with van der Waals surface area (Å²) in [6.07, 6.45) is 0. The number of nitrogens with one attached hydrogen (secondary N) is 1. The monoisotopic (exact) mass is 242 g/mol. The zero-order chi connectivity index (χ0) is 13.3. The second kappa shape index (κ2) is 5.07. The summed E-state index contributed by atoms with van der Waals surface area (Å²) in [6.45, 7) is 9.60. The molecule has 2 rings (SSSR count). The largest absolute Gasteiger partial charge is 0.316 e. The Morgan fingerprint density at radius 1 is 1.22 bits per heavy atom. The first-order valence-electron chi connectivity index (χ1n) is 6.59. The highest BCUT2D eigenvalue weighted by Crippen LogP contribution is 2.26. The topological polar surface area (TPSA) is 24.9 Å². The van der Waals surface area contributed by atoms with Gasteiger partial charge in [0.25, 0.3) is 0 Å². The Labute approximate surface area is 109 Å². The summed E-state index contributed by atoms with van der Waals surface area (Å²) in [6, 6.07) is 6.62. The van der Waals surface area contributed by atoms with Crippen LogP contribution in [0.1, 0.15) is 42.1 Å². The van der Waals surface area contributed by atoms with E-state index in [-0.39, 0.29) is 0 Å². The third-order valence-corrected chi connectivity index (χ3v) is 3.57. The van der Waals surface area contributed by atoms with E-state index >= 15 is 0 Å². The molecule has 0 saturated heterocycles. The number of fused-ring (bicyclic) bond motifs is 1. The summed E-state index contributed by atoms with van der Waals surface area (Å²) < 4.78 is 0. The highest BCUT2D eigenvalue weighted by molar-refractivity contribution is 5.86. The van der Waals surface area contributed by atoms with Crippen molar-refractivity contribution in [2.75, 3.05) is 7.05 Å². The lowest BCUT2D eigenvalue weighted by Gasteiger charge is -2.14. The maximum atomic E-state index is 4.85. The molecule has 0 radical (unpaired) electrons. The van der Waals surface area contributed by atoms with Crippen molar-refractivity contribution in [2.45, 2.75) is 40.2 Å². The molecule has 0 amide bonds. The number of nitrogens with zero attached hydrogens (tertiary/aromatic N) is 1. The van der Waals surface area contributed by atoms with Crippen LogP contribution in [0.25, 0.3) is 10.9 Å². The average molecular weight is 242 g/mol. The maximum Gasteiger partial charge on any atom is 0.0740 e. The van der Waals surface area contributed by atoms with Crippen LogP contribution in [-0.2, 0) is 6.54 Å². The van der Waals surface area contributed by atoms with Gasteiger partial charge < -0.3 is 5.32 Å². The van der Waals surface area contributed by atoms with Gasteiger partial charge in [-0.15, -0.1) is 0 Å². The molecule has 1 aromatic carbocycles. The number of hydrogen-bond donors (Lipinski definition) is 1. The summed E-state index contributed by atoms with van der Waals surface area (Å²) in [5.41, 5.74) is 6.29. The summed E-state index contributed by atoms with van der Waals surface area (Å²) >= 11 is 0. The second-order valence-electron chi connectivity index (χ2n) is 5.29. The van der Waals surface area contributed by atoms with E-state index in [2.05, 4.69) is 51.2 Å². The van der Waals surface area contributed by atoms with Gasteiger partial charge in [0.2, 0.25) is 0 Å². The maximum absolute atomic E-state index is 4.85. The molecule has 2 heteroatoms. The number of aryl methyl sites for hydroxylation is 2. The third-order valence-electron chi connectivity index (χ3n) is 3.57. The Bertz CT molecular complexity index is 571. The zero-order valence-electron chi connectivity index (χ0n) is 12.0. The highest BCUT2D eigenvalue weighted by Gasteiger charge is 2.10. The third kappa shape index (κ3) is 2.25. The summed E-state index contributed by atoms with van der Waals surface area (Å²) in [7, 11) is 1.99. The van der Waals surface area contributed by atoms with Crippen LogP contribution in [0.3, 0.4) is 0 Å². The molecule has 1 aromatic heterocycles. The van der Waals surface area contributed by atoms with Gasteiger partial charge in [0, 0.05) is 17.6 Å². The van der Waals surface area contributed by atoms with Gasteiger partial charge in [0.15, 0.2) is 0 Å². The number of pyridine rings is 1. The highest BCUT2D eigenvalue weighted by atomic mass is 14.8. The van der Waals surface area contributed by atoms with E-state index < -0.39 is 0 Å². The predicted octanol–water partition coefficient (Wildman–Crippen LogP) is 3.69. The van der Waals surface area contributed by atoms with Gasteiger partial charge in [-0.3, -0.25) is 4.98 Å². The van der Waals surface area contributed by atoms with Crippen molar-refractivity contribution in [2.24, 2.45) is 0 Å². The lowest BCUT2D eigenvalue weighted by molar-refractivity contribution is 0.798. The minimum atomic E-state index is 0.463. The molecule has 0 atom stereocenters. The van der Waals surface area contributed by atoms with Crippen molar-refractivity contribution in [1.82, 2.24) is 10.3 Å². The molecule has 0 unspecified atom stereocenters. The first kappa shape index (κ1) is 13.0. The smallest absolute Gasteiger partial charge is 0.0740 e. The van der Waals surface area contributed by atoms with E-state index in [1.165, 1.54) is 27.8 Å². The molecule has 0 bridgehead atoms. The van der Waals surface area contributed by atoms with E-state index in [9.17, 15) is 0 Å². The van der Waals surface area contributed by atoms with Crippen LogP contribution in [0, 0.1) is 13.8 Å². The van der Waals surface area contributed by atoms with Gasteiger partial charge in [-0.05, 0) is 49.6 Å². The van der Waals surface area contributed by atoms with E-state index in [0.29, 0.717) is 5.92 Å². The van der Waals surface area contributed by atoms with E-state index in [1.807, 2.05) is 7.05 Å². The Hall–Kier alpha value is -1.41. The van der Waals surface area contributed by atoms with Gasteiger partial charge in [-0.2, -0.15) is 0 Å². The van der Waals surface area contributed by atoms with E-state index in [1.54, 1.807) is 0 Å². The van der Waals surface area contributed by atoms with Crippen LogP contribution >= 0.6 is 0 Å². The van der Waals surface area contributed by atoms with Crippen LogP contribution in [-0.4, -0.2) is 12.0 Å². The quantitative estimate of drug-likeness (QED) is 0.887. The van der Waals surface area contributed by atoms with Gasteiger partial charge in [0.05, 0.1) is 5.52 Å². The lowest BCUT2D eigenvalue weighted by atomic mass is 9.98. The second-order valence-corrected chi connectivity index (χ2v) is 5.29. The number of hydrogen-bond acceptors (Lipinski definition) is 2. The van der Waals surface area contributed by atoms with Crippen molar-refractivity contribution in [3.05, 3.63) is 40.6 Å². The Morgan fingerprint density at radius 3 is 2.56 bits per heavy atom. The number of benzene rings is 1. The Kier molecular flexibility index (Phi) is 3.67. The molecular formula is C16H22N2. The fourth-order valence-electron chi connectivity index (χ4n) is 2.25. The van der Waals surface area contributed by atoms with Crippen LogP contribution in [0.15, 0.2) is 18.2 Å². The molecule has 0 spiro atoms. The molecule has 0 saturated carbocycles. The lowest BCUT2D eigenvalue weighted by Crippen LogP contribution is -2.08. The molecular weight excluding hydrogens is 220 g/mol. The van der Waals surface area contributed by atoms with Crippen LogP contribution in [0.4, 0.5) is 0 Å². The van der Waals surface area contributed by atoms with E-state index in [4.69, 9.17) is 4.98 Å². The number of aromatic nitrogens is 1. The minimum Gasteiger partial charge on any atom is -0.316 e. The molecule has 0 fully saturated rings. The average Bonchev–Trinajstić information content (AvgIpc) is 2.34. The SMILES string of the molecule is CNCc1cc(C(C)C)nc2c(C)c(C)ccc12. The van der Waals surface area contributed by atoms with Crippen molar-refractivity contribution in [3.63, 3.8) is 0 Å². The van der Waals surface area contributed by atoms with Crippen molar-refractivity contribution >= 4 is 10.9 Å². The molecule has 2 nitrogen and oxygen atoms in total. The van der Waals surface area contributed by atoms with E-state index in [0.717, 1.165) is 12.1 Å². The standard InChI is InChI=1S/C16H22N2/c1-10(2)15-8-13(9-17-5)14-7-6-11(3)12(4)16(14)18-15/h6-8,10,17H,9H2,1-5H3. The first-order chi connectivity index (χ1) is 8.54. The molecule has 0 aliphatic heterocycles. The molecule has 0 aliphatic carbocycles. The molecule has 96 valence electrons. The molecule has 1 N–H and O–H groups in total. The summed E-state index contributed by atoms with van der Waals surface area (Å²) in [5.74, 6) is 0.463. The fraction of sp³-hybridized carbons (Fsp3) is 0.438. The summed E-state index contributed by atoms with van der Waals surface area (Å²) in [5, 5.41) is 4.52. The Morgan fingerprint density at radius 2 is 1.94 bits per heavy atom. The number of rotatable bonds is 3. The summed E-state index contributed by atoms with van der Waals surface area (Å²) in [4.78, 5) is 4.85. The van der Waals surface area contributed by atoms with Gasteiger partial charge in [0.1, 0.15) is 0 Å². The fourth-order valence-corrected chi connectivity index (χ4v) is 2.25. The zero-order valence-corrected chi connectivity index (χ0v) is 12.0. The molecule has 2 aromatic rings. The molecule has 1 heterocycles. The first-order valence-corrected chi connectivity index (χ1v) is 6.59. The Balaban J connectivity index is 2.77. The van der Waals surface area contributed by atoms with Gasteiger partial charge in [-0.1, -0.05) is 26.0 Å².